The van der Waals surface area contributed by atoms with Gasteiger partial charge in [0.2, 0.25) is 11.9 Å². The summed E-state index contributed by atoms with van der Waals surface area (Å²) < 4.78 is 87.7. The van der Waals surface area contributed by atoms with Crippen molar-refractivity contribution in [1.82, 2.24) is 29.5 Å². The molecule has 10 nitrogen and oxygen atoms in total. The standard InChI is InChI=1S/C24H29F6N7O3/c1-14-18(32-20(33-19(14)24(28,29)30)37-6-5-16(37)23(25,26)27)15-11-31-36(12-15)13-17(38)34-7-9-35(10-8-34)21(39)40-22(2,3)4/h11-12,16H,5-10,13H2,1-4H3/t16-/m1/s1. The topological polar surface area (TPSA) is 96.7 Å². The van der Waals surface area contributed by atoms with Crippen LogP contribution in [0.2, 0.25) is 0 Å². The first kappa shape index (κ1) is 29.4. The lowest BCUT2D eigenvalue weighted by Gasteiger charge is -2.42. The Balaban J connectivity index is 1.49. The molecule has 2 aliphatic rings. The van der Waals surface area contributed by atoms with Crippen LogP contribution in [-0.2, 0) is 22.3 Å². The van der Waals surface area contributed by atoms with Crippen molar-refractivity contribution in [3.63, 3.8) is 0 Å². The average molecular weight is 578 g/mol. The molecule has 0 aromatic carbocycles. The third kappa shape index (κ3) is 6.41. The molecule has 2 amide bonds. The minimum absolute atomic E-state index is 0.0956. The summed E-state index contributed by atoms with van der Waals surface area (Å²) in [5.74, 6) is -1.00. The summed E-state index contributed by atoms with van der Waals surface area (Å²) in [7, 11) is 0. The van der Waals surface area contributed by atoms with E-state index in [2.05, 4.69) is 15.1 Å². The van der Waals surface area contributed by atoms with Crippen LogP contribution in [0.25, 0.3) is 11.3 Å². The third-order valence-electron chi connectivity index (χ3n) is 6.54. The molecule has 0 aliphatic carbocycles. The summed E-state index contributed by atoms with van der Waals surface area (Å²) in [5.41, 5.74) is -2.49. The predicted octanol–water partition coefficient (Wildman–Crippen LogP) is 3.89. The lowest BCUT2D eigenvalue weighted by Crippen LogP contribution is -2.56. The van der Waals surface area contributed by atoms with Crippen LogP contribution >= 0.6 is 0 Å². The minimum atomic E-state index is -4.93. The van der Waals surface area contributed by atoms with Gasteiger partial charge in [-0.2, -0.15) is 31.4 Å². The highest BCUT2D eigenvalue weighted by molar-refractivity contribution is 5.77. The van der Waals surface area contributed by atoms with Crippen LogP contribution in [0.15, 0.2) is 12.4 Å². The van der Waals surface area contributed by atoms with Gasteiger partial charge in [0.15, 0.2) is 5.69 Å². The van der Waals surface area contributed by atoms with Gasteiger partial charge in [-0.3, -0.25) is 9.48 Å². The normalized spacial score (nSPS) is 18.6. The molecular formula is C24H29F6N7O3. The maximum absolute atomic E-state index is 13.7. The number of halogens is 6. The van der Waals surface area contributed by atoms with Crippen molar-refractivity contribution in [2.24, 2.45) is 0 Å². The zero-order valence-electron chi connectivity index (χ0n) is 22.3. The van der Waals surface area contributed by atoms with Gasteiger partial charge in [-0.05, 0) is 34.1 Å². The summed E-state index contributed by atoms with van der Waals surface area (Å²) >= 11 is 0. The van der Waals surface area contributed by atoms with Gasteiger partial charge in [0, 0.05) is 50.0 Å². The number of nitrogens with zero attached hydrogens (tertiary/aromatic N) is 7. The van der Waals surface area contributed by atoms with E-state index in [4.69, 9.17) is 4.74 Å². The first-order chi connectivity index (χ1) is 18.4. The van der Waals surface area contributed by atoms with E-state index in [9.17, 15) is 35.9 Å². The zero-order valence-corrected chi connectivity index (χ0v) is 22.3. The molecule has 2 fully saturated rings. The second-order valence-electron chi connectivity index (χ2n) is 10.7. The van der Waals surface area contributed by atoms with Crippen LogP contribution in [0.1, 0.15) is 38.4 Å². The Morgan fingerprint density at radius 3 is 2.12 bits per heavy atom. The number of anilines is 1. The van der Waals surface area contributed by atoms with Gasteiger partial charge < -0.3 is 19.4 Å². The lowest BCUT2D eigenvalue weighted by molar-refractivity contribution is -0.160. The van der Waals surface area contributed by atoms with E-state index < -0.39 is 41.7 Å². The Labute approximate surface area is 225 Å². The SMILES string of the molecule is Cc1c(-c2cnn(CC(=O)N3CCN(C(=O)OC(C)(C)C)CC3)c2)nc(N2CC[C@@H]2C(F)(F)F)nc1C(F)(F)F. The van der Waals surface area contributed by atoms with E-state index in [1.165, 1.54) is 26.9 Å². The zero-order chi connectivity index (χ0) is 29.6. The van der Waals surface area contributed by atoms with Crippen LogP contribution in [-0.4, -0.2) is 92.1 Å². The van der Waals surface area contributed by atoms with Crippen LogP contribution in [0.4, 0.5) is 37.1 Å². The number of amides is 2. The molecule has 0 N–H and O–H groups in total. The number of alkyl halides is 6. The van der Waals surface area contributed by atoms with Crippen molar-refractivity contribution < 1.29 is 40.7 Å². The number of aromatic nitrogens is 4. The van der Waals surface area contributed by atoms with Crippen LogP contribution < -0.4 is 4.90 Å². The molecule has 1 atom stereocenters. The molecule has 2 aromatic rings. The lowest BCUT2D eigenvalue weighted by atomic mass is 10.0. The molecule has 16 heteroatoms. The Morgan fingerprint density at radius 1 is 0.975 bits per heavy atom. The number of hydrogen-bond acceptors (Lipinski definition) is 7. The van der Waals surface area contributed by atoms with E-state index >= 15 is 0 Å². The highest BCUT2D eigenvalue weighted by atomic mass is 19.4. The molecule has 0 bridgehead atoms. The molecule has 220 valence electrons. The van der Waals surface area contributed by atoms with E-state index in [1.54, 1.807) is 20.8 Å². The molecular weight excluding hydrogens is 548 g/mol. The molecule has 40 heavy (non-hydrogen) atoms. The van der Waals surface area contributed by atoms with Crippen molar-refractivity contribution in [3.05, 3.63) is 23.7 Å². The summed E-state index contributed by atoms with van der Waals surface area (Å²) in [6.45, 7) is 7.05. The number of piperazine rings is 1. The highest BCUT2D eigenvalue weighted by Gasteiger charge is 2.50. The molecule has 0 spiro atoms. The molecule has 0 unspecified atom stereocenters. The van der Waals surface area contributed by atoms with Gasteiger partial charge in [0.05, 0.1) is 11.9 Å². The molecule has 4 rings (SSSR count). The molecule has 0 saturated carbocycles. The third-order valence-corrected chi connectivity index (χ3v) is 6.54. The molecule has 2 aromatic heterocycles. The minimum Gasteiger partial charge on any atom is -0.444 e. The van der Waals surface area contributed by atoms with Gasteiger partial charge in [-0.15, -0.1) is 0 Å². The number of rotatable bonds is 4. The van der Waals surface area contributed by atoms with Gasteiger partial charge in [-0.1, -0.05) is 0 Å². The maximum atomic E-state index is 13.7. The monoisotopic (exact) mass is 577 g/mol. The predicted molar refractivity (Wildman–Crippen MR) is 129 cm³/mol. The van der Waals surface area contributed by atoms with Crippen LogP contribution in [0.5, 0.6) is 0 Å². The second kappa shape index (κ2) is 10.4. The first-order valence-electron chi connectivity index (χ1n) is 12.5. The Bertz CT molecular complexity index is 1260. The first-order valence-corrected chi connectivity index (χ1v) is 12.5. The van der Waals surface area contributed by atoms with Crippen LogP contribution in [0.3, 0.4) is 0 Å². The fourth-order valence-electron chi connectivity index (χ4n) is 4.43. The average Bonchev–Trinajstić information content (AvgIpc) is 3.24. The number of hydrogen-bond donors (Lipinski definition) is 0. The molecule has 2 saturated heterocycles. The number of carbonyl (C=O) groups is 2. The van der Waals surface area contributed by atoms with Gasteiger partial charge >= 0.3 is 18.4 Å². The number of carbonyl (C=O) groups excluding carboxylic acids is 2. The Kier molecular flexibility index (Phi) is 7.66. The van der Waals surface area contributed by atoms with Crippen LogP contribution in [0, 0.1) is 6.92 Å². The van der Waals surface area contributed by atoms with E-state index in [0.717, 1.165) is 6.92 Å². The van der Waals surface area contributed by atoms with E-state index in [0.29, 0.717) is 4.90 Å². The summed E-state index contributed by atoms with van der Waals surface area (Å²) in [5, 5.41) is 4.06. The van der Waals surface area contributed by atoms with Crippen molar-refractivity contribution in [3.8, 4) is 11.3 Å². The fourth-order valence-corrected chi connectivity index (χ4v) is 4.43. The maximum Gasteiger partial charge on any atom is 0.433 e. The Morgan fingerprint density at radius 2 is 1.60 bits per heavy atom. The summed E-state index contributed by atoms with van der Waals surface area (Å²) in [4.78, 5) is 36.3. The van der Waals surface area contributed by atoms with Crippen molar-refractivity contribution in [1.29, 1.82) is 0 Å². The Hall–Kier alpha value is -3.59. The second-order valence-corrected chi connectivity index (χ2v) is 10.7. The number of ether oxygens (including phenoxy) is 1. The highest BCUT2D eigenvalue weighted by Crippen LogP contribution is 2.40. The van der Waals surface area contributed by atoms with E-state index in [1.807, 2.05) is 0 Å². The molecule has 2 aliphatic heterocycles. The molecule has 0 radical (unpaired) electrons. The largest absolute Gasteiger partial charge is 0.444 e. The van der Waals surface area contributed by atoms with Crippen molar-refractivity contribution >= 4 is 17.9 Å². The van der Waals surface area contributed by atoms with Gasteiger partial charge in [-0.25, -0.2) is 14.8 Å². The smallest absolute Gasteiger partial charge is 0.433 e. The molecule has 4 heterocycles. The van der Waals surface area contributed by atoms with E-state index in [-0.39, 0.29) is 68.4 Å². The summed E-state index contributed by atoms with van der Waals surface area (Å²) in [6.07, 6.45) is -7.81. The van der Waals surface area contributed by atoms with Crippen molar-refractivity contribution in [2.75, 3.05) is 37.6 Å². The van der Waals surface area contributed by atoms with Gasteiger partial charge in [0.1, 0.15) is 18.2 Å². The van der Waals surface area contributed by atoms with Crippen molar-refractivity contribution in [2.45, 2.75) is 64.7 Å². The quantitative estimate of drug-likeness (QED) is 0.509. The summed E-state index contributed by atoms with van der Waals surface area (Å²) in [6, 6.07) is -1.97. The fraction of sp³-hybridized carbons (Fsp3) is 0.625. The van der Waals surface area contributed by atoms with Gasteiger partial charge in [0.25, 0.3) is 0 Å².